The van der Waals surface area contributed by atoms with Crippen LogP contribution in [0.4, 0.5) is 10.5 Å². The van der Waals surface area contributed by atoms with Crippen molar-refractivity contribution < 1.29 is 28.5 Å². The summed E-state index contributed by atoms with van der Waals surface area (Å²) >= 11 is 0. The molecule has 4 heterocycles. The van der Waals surface area contributed by atoms with Crippen LogP contribution in [-0.4, -0.2) is 54.8 Å². The topological polar surface area (TPSA) is 100 Å². The number of aromatic nitrogens is 2. The first-order chi connectivity index (χ1) is 16.6. The number of amides is 1. The van der Waals surface area contributed by atoms with Crippen LogP contribution in [0.3, 0.4) is 0 Å². The molecule has 0 saturated carbocycles. The van der Waals surface area contributed by atoms with E-state index >= 15 is 0 Å². The van der Waals surface area contributed by atoms with Gasteiger partial charge in [-0.25, -0.2) is 9.78 Å². The zero-order chi connectivity index (χ0) is 23.5. The molecule has 34 heavy (non-hydrogen) atoms. The van der Waals surface area contributed by atoms with Crippen LogP contribution in [0.5, 0.6) is 17.4 Å². The summed E-state index contributed by atoms with van der Waals surface area (Å²) in [7, 11) is 1.54. The first-order valence-corrected chi connectivity index (χ1v) is 11.3. The molecule has 9 nitrogen and oxygen atoms in total. The van der Waals surface area contributed by atoms with Crippen LogP contribution >= 0.6 is 0 Å². The molecular formula is C25H25N3O6. The second-order valence-electron chi connectivity index (χ2n) is 8.19. The van der Waals surface area contributed by atoms with Gasteiger partial charge in [0.25, 0.3) is 0 Å². The van der Waals surface area contributed by atoms with E-state index in [4.69, 9.17) is 18.9 Å². The number of fused-ring (bicyclic) bond motifs is 2. The van der Waals surface area contributed by atoms with Gasteiger partial charge < -0.3 is 18.9 Å². The molecule has 1 atom stereocenters. The molecule has 176 valence electrons. The summed E-state index contributed by atoms with van der Waals surface area (Å²) in [6.07, 6.45) is 3.54. The van der Waals surface area contributed by atoms with E-state index in [1.165, 1.54) is 7.11 Å². The largest absolute Gasteiger partial charge is 0.486 e. The third-order valence-corrected chi connectivity index (χ3v) is 5.96. The van der Waals surface area contributed by atoms with Crippen molar-refractivity contribution in [3.05, 3.63) is 48.2 Å². The number of pyridine rings is 2. The summed E-state index contributed by atoms with van der Waals surface area (Å²) in [6.45, 7) is 1.47. The van der Waals surface area contributed by atoms with Crippen LogP contribution < -0.4 is 19.1 Å². The molecule has 9 heteroatoms. The Morgan fingerprint density at radius 3 is 2.82 bits per heavy atom. The van der Waals surface area contributed by atoms with Gasteiger partial charge in [-0.1, -0.05) is 0 Å². The maximum atomic E-state index is 12.8. The number of ketones is 1. The lowest BCUT2D eigenvalue weighted by molar-refractivity contribution is 0.0975. The molecule has 1 saturated heterocycles. The predicted octanol–water partition coefficient (Wildman–Crippen LogP) is 4.18. The number of ether oxygens (including phenoxy) is 4. The summed E-state index contributed by atoms with van der Waals surface area (Å²) in [5.41, 5.74) is 2.47. The molecule has 2 aliphatic rings. The highest BCUT2D eigenvalue weighted by atomic mass is 16.6. The van der Waals surface area contributed by atoms with Crippen LogP contribution in [0.25, 0.3) is 11.0 Å². The molecule has 2 aliphatic heterocycles. The van der Waals surface area contributed by atoms with Crippen LogP contribution in [0.1, 0.15) is 36.0 Å². The SMILES string of the molecule is COc1ccc2nccc(C(=O)CCCC[C@H]3CN(c4ccc5c(c4)OCCO5)C(=O)O3)c2n1. The average Bonchev–Trinajstić information content (AvgIpc) is 3.25. The van der Waals surface area contributed by atoms with Crippen molar-refractivity contribution in [3.63, 3.8) is 0 Å². The number of rotatable bonds is 8. The van der Waals surface area contributed by atoms with E-state index in [1.54, 1.807) is 35.4 Å². The van der Waals surface area contributed by atoms with Gasteiger partial charge in [0.05, 0.1) is 24.9 Å². The van der Waals surface area contributed by atoms with Gasteiger partial charge >= 0.3 is 6.09 Å². The van der Waals surface area contributed by atoms with Crippen molar-refractivity contribution in [2.75, 3.05) is 31.8 Å². The average molecular weight is 463 g/mol. The van der Waals surface area contributed by atoms with Crippen molar-refractivity contribution in [2.45, 2.75) is 31.8 Å². The Bertz CT molecular complexity index is 1230. The van der Waals surface area contributed by atoms with Crippen molar-refractivity contribution in [1.82, 2.24) is 9.97 Å². The Kier molecular flexibility index (Phi) is 6.16. The zero-order valence-corrected chi connectivity index (χ0v) is 18.9. The number of hydrogen-bond donors (Lipinski definition) is 0. The molecule has 0 unspecified atom stereocenters. The van der Waals surface area contributed by atoms with E-state index < -0.39 is 0 Å². The van der Waals surface area contributed by atoms with Gasteiger partial charge in [0.1, 0.15) is 24.8 Å². The molecule has 1 fully saturated rings. The summed E-state index contributed by atoms with van der Waals surface area (Å²) in [5.74, 6) is 1.77. The fourth-order valence-electron chi connectivity index (χ4n) is 4.22. The number of nitrogens with zero attached hydrogens (tertiary/aromatic N) is 3. The predicted molar refractivity (Wildman–Crippen MR) is 124 cm³/mol. The smallest absolute Gasteiger partial charge is 0.414 e. The van der Waals surface area contributed by atoms with Gasteiger partial charge in [0.15, 0.2) is 17.3 Å². The number of cyclic esters (lactones) is 1. The standard InChI is InChI=1S/C25H25N3O6/c1-31-23-9-7-19-24(27-23)18(10-11-26-19)20(29)5-3-2-4-17-15-28(25(30)34-17)16-6-8-21-22(14-16)33-13-12-32-21/h6-11,14,17H,2-5,12-13,15H2,1H3/t17-/m0/s1. The molecule has 2 aromatic heterocycles. The minimum Gasteiger partial charge on any atom is -0.486 e. The zero-order valence-electron chi connectivity index (χ0n) is 18.9. The van der Waals surface area contributed by atoms with Gasteiger partial charge in [-0.05, 0) is 43.5 Å². The lowest BCUT2D eigenvalue weighted by Gasteiger charge is -2.21. The van der Waals surface area contributed by atoms with Gasteiger partial charge in [0, 0.05) is 30.3 Å². The molecule has 0 N–H and O–H groups in total. The second kappa shape index (κ2) is 9.54. The molecule has 1 amide bonds. The highest BCUT2D eigenvalue weighted by molar-refractivity contribution is 6.05. The summed E-state index contributed by atoms with van der Waals surface area (Å²) in [4.78, 5) is 35.5. The summed E-state index contributed by atoms with van der Waals surface area (Å²) < 4.78 is 21.9. The third kappa shape index (κ3) is 4.46. The fraction of sp³-hybridized carbons (Fsp3) is 0.360. The number of methoxy groups -OCH3 is 1. The highest BCUT2D eigenvalue weighted by Crippen LogP contribution is 2.35. The van der Waals surface area contributed by atoms with Crippen LogP contribution in [-0.2, 0) is 4.74 Å². The van der Waals surface area contributed by atoms with E-state index in [2.05, 4.69) is 9.97 Å². The van der Waals surface area contributed by atoms with Crippen LogP contribution in [0.15, 0.2) is 42.6 Å². The maximum Gasteiger partial charge on any atom is 0.414 e. The molecule has 0 radical (unpaired) electrons. The number of unbranched alkanes of at least 4 members (excludes halogenated alkanes) is 1. The first-order valence-electron chi connectivity index (χ1n) is 11.3. The number of anilines is 1. The highest BCUT2D eigenvalue weighted by Gasteiger charge is 2.32. The van der Waals surface area contributed by atoms with E-state index in [-0.39, 0.29) is 18.0 Å². The Labute approximate surface area is 196 Å². The van der Waals surface area contributed by atoms with Crippen LogP contribution in [0.2, 0.25) is 0 Å². The van der Waals surface area contributed by atoms with Gasteiger partial charge in [0.2, 0.25) is 5.88 Å². The Morgan fingerprint density at radius 1 is 1.12 bits per heavy atom. The number of carbonyl (C=O) groups excluding carboxylic acids is 2. The number of hydrogen-bond acceptors (Lipinski definition) is 8. The van der Waals surface area contributed by atoms with E-state index in [0.717, 1.165) is 12.1 Å². The number of Topliss-reactive ketones (excluding diaryl/α,β-unsaturated/α-hetero) is 1. The molecule has 1 aromatic carbocycles. The second-order valence-corrected chi connectivity index (χ2v) is 8.19. The lowest BCUT2D eigenvalue weighted by Crippen LogP contribution is -2.25. The molecular weight excluding hydrogens is 438 g/mol. The van der Waals surface area contributed by atoms with Crippen molar-refractivity contribution in [3.8, 4) is 17.4 Å². The molecule has 5 rings (SSSR count). The quantitative estimate of drug-likeness (QED) is 0.362. The van der Waals surface area contributed by atoms with E-state index in [0.29, 0.717) is 73.0 Å². The fourth-order valence-corrected chi connectivity index (χ4v) is 4.22. The van der Waals surface area contributed by atoms with Crippen LogP contribution in [0, 0.1) is 0 Å². The first kappa shape index (κ1) is 21.9. The normalized spacial score (nSPS) is 17.0. The third-order valence-electron chi connectivity index (χ3n) is 5.96. The summed E-state index contributed by atoms with van der Waals surface area (Å²) in [5, 5.41) is 0. The van der Waals surface area contributed by atoms with Gasteiger partial charge in [-0.2, -0.15) is 0 Å². The lowest BCUT2D eigenvalue weighted by atomic mass is 10.0. The van der Waals surface area contributed by atoms with Crippen molar-refractivity contribution in [1.29, 1.82) is 0 Å². The van der Waals surface area contributed by atoms with Crippen molar-refractivity contribution >= 4 is 28.6 Å². The number of carbonyl (C=O) groups is 2. The Balaban J connectivity index is 1.15. The van der Waals surface area contributed by atoms with E-state index in [9.17, 15) is 9.59 Å². The van der Waals surface area contributed by atoms with Gasteiger partial charge in [-0.15, -0.1) is 0 Å². The summed E-state index contributed by atoms with van der Waals surface area (Å²) in [6, 6.07) is 10.7. The van der Waals surface area contributed by atoms with Crippen molar-refractivity contribution in [2.24, 2.45) is 0 Å². The number of benzene rings is 1. The molecule has 3 aromatic rings. The monoisotopic (exact) mass is 463 g/mol. The molecule has 0 aliphatic carbocycles. The minimum atomic E-state index is -0.374. The molecule has 0 spiro atoms. The van der Waals surface area contributed by atoms with Gasteiger partial charge in [-0.3, -0.25) is 14.7 Å². The Morgan fingerprint density at radius 2 is 1.97 bits per heavy atom. The molecule has 0 bridgehead atoms. The van der Waals surface area contributed by atoms with E-state index in [1.807, 2.05) is 12.1 Å². The Hall–Kier alpha value is -3.88. The minimum absolute atomic E-state index is 0.00877. The maximum absolute atomic E-state index is 12.8.